The van der Waals surface area contributed by atoms with Crippen LogP contribution in [0.1, 0.15) is 53.4 Å². The number of Topliss-reactive ketones (excluding diaryl/α,β-unsaturated/α-hetero) is 1. The van der Waals surface area contributed by atoms with Gasteiger partial charge >= 0.3 is 0 Å². The number of hydrogen-bond acceptors (Lipinski definition) is 2. The number of hydrogen-bond donors (Lipinski definition) is 0. The third-order valence-electron chi connectivity index (χ3n) is 3.33. The van der Waals surface area contributed by atoms with Crippen molar-refractivity contribution in [2.75, 3.05) is 0 Å². The van der Waals surface area contributed by atoms with Gasteiger partial charge in [-0.05, 0) is 32.1 Å². The minimum atomic E-state index is -0.0907. The summed E-state index contributed by atoms with van der Waals surface area (Å²) in [5.74, 6) is 1.27. The van der Waals surface area contributed by atoms with Crippen molar-refractivity contribution in [3.8, 4) is 0 Å². The van der Waals surface area contributed by atoms with Crippen molar-refractivity contribution in [1.29, 1.82) is 0 Å². The average Bonchev–Trinajstić information content (AvgIpc) is 1.97. The highest BCUT2D eigenvalue weighted by Crippen LogP contribution is 2.43. The molecule has 0 aromatic heterocycles. The van der Waals surface area contributed by atoms with Crippen LogP contribution in [0.15, 0.2) is 11.3 Å². The molecule has 2 aliphatic rings. The van der Waals surface area contributed by atoms with Gasteiger partial charge < -0.3 is 4.74 Å². The molecule has 0 spiro atoms. The number of ether oxygens (including phenoxy) is 1. The summed E-state index contributed by atoms with van der Waals surface area (Å²) in [5.41, 5.74) is 0.948. The van der Waals surface area contributed by atoms with Gasteiger partial charge in [0.05, 0.1) is 0 Å². The molecule has 0 N–H and O–H groups in total. The molecular weight excluding hydrogens is 188 g/mol. The Hall–Kier alpha value is -0.790. The molecule has 0 saturated carbocycles. The quantitative estimate of drug-likeness (QED) is 0.611. The summed E-state index contributed by atoms with van der Waals surface area (Å²) in [6, 6.07) is 0. The van der Waals surface area contributed by atoms with E-state index in [9.17, 15) is 4.79 Å². The molecule has 0 unspecified atom stereocenters. The molecule has 1 aliphatic carbocycles. The summed E-state index contributed by atoms with van der Waals surface area (Å²) in [6.45, 7) is 8.48. The molecule has 0 aromatic rings. The first-order valence-corrected chi connectivity index (χ1v) is 5.73. The Bertz CT molecular complexity index is 330. The Balaban J connectivity index is 2.31. The molecule has 0 radical (unpaired) electrons. The Morgan fingerprint density at radius 2 is 1.80 bits per heavy atom. The van der Waals surface area contributed by atoms with Crippen LogP contribution in [-0.2, 0) is 9.53 Å². The Morgan fingerprint density at radius 1 is 1.13 bits per heavy atom. The van der Waals surface area contributed by atoms with Crippen LogP contribution in [0.5, 0.6) is 0 Å². The zero-order chi connectivity index (χ0) is 11.3. The summed E-state index contributed by atoms with van der Waals surface area (Å²) >= 11 is 0. The van der Waals surface area contributed by atoms with Gasteiger partial charge in [0.1, 0.15) is 11.4 Å². The first-order valence-electron chi connectivity index (χ1n) is 5.73. The number of ketones is 1. The first-order chi connectivity index (χ1) is 6.79. The SMILES string of the molecule is CC1(C)CC(=O)C2=C(C1)OC(C)(C)CC2. The van der Waals surface area contributed by atoms with E-state index in [0.717, 1.165) is 30.6 Å². The monoisotopic (exact) mass is 208 g/mol. The van der Waals surface area contributed by atoms with Gasteiger partial charge in [-0.25, -0.2) is 0 Å². The van der Waals surface area contributed by atoms with Gasteiger partial charge in [-0.15, -0.1) is 0 Å². The van der Waals surface area contributed by atoms with Crippen LogP contribution in [0.25, 0.3) is 0 Å². The van der Waals surface area contributed by atoms with Gasteiger partial charge in [0.25, 0.3) is 0 Å². The third kappa shape index (κ3) is 2.09. The molecule has 0 amide bonds. The summed E-state index contributed by atoms with van der Waals surface area (Å²) in [4.78, 5) is 11.9. The predicted molar refractivity (Wildman–Crippen MR) is 59.4 cm³/mol. The van der Waals surface area contributed by atoms with Crippen LogP contribution in [-0.4, -0.2) is 11.4 Å². The molecule has 0 fully saturated rings. The molecule has 0 aromatic carbocycles. The van der Waals surface area contributed by atoms with E-state index in [4.69, 9.17) is 4.74 Å². The smallest absolute Gasteiger partial charge is 0.162 e. The third-order valence-corrected chi connectivity index (χ3v) is 3.33. The molecule has 1 aliphatic heterocycles. The zero-order valence-corrected chi connectivity index (χ0v) is 10.1. The number of carbonyl (C=O) groups is 1. The van der Waals surface area contributed by atoms with Crippen molar-refractivity contribution in [3.63, 3.8) is 0 Å². The second-order valence-electron chi connectivity index (χ2n) is 6.20. The maximum Gasteiger partial charge on any atom is 0.162 e. The number of allylic oxidation sites excluding steroid dienone is 2. The second kappa shape index (κ2) is 3.10. The summed E-state index contributed by atoms with van der Waals surface area (Å²) in [7, 11) is 0. The molecule has 2 rings (SSSR count). The van der Waals surface area contributed by atoms with Crippen molar-refractivity contribution in [3.05, 3.63) is 11.3 Å². The second-order valence-corrected chi connectivity index (χ2v) is 6.20. The highest BCUT2D eigenvalue weighted by molar-refractivity contribution is 5.97. The molecule has 84 valence electrons. The zero-order valence-electron chi connectivity index (χ0n) is 10.1. The van der Waals surface area contributed by atoms with Crippen LogP contribution in [0.3, 0.4) is 0 Å². The van der Waals surface area contributed by atoms with Crippen molar-refractivity contribution in [1.82, 2.24) is 0 Å². The molecule has 15 heavy (non-hydrogen) atoms. The highest BCUT2D eigenvalue weighted by Gasteiger charge is 2.39. The van der Waals surface area contributed by atoms with Crippen LogP contribution >= 0.6 is 0 Å². The lowest BCUT2D eigenvalue weighted by molar-refractivity contribution is -0.120. The lowest BCUT2D eigenvalue weighted by Crippen LogP contribution is -2.35. The van der Waals surface area contributed by atoms with Crippen LogP contribution in [0.2, 0.25) is 0 Å². The summed E-state index contributed by atoms with van der Waals surface area (Å²) in [6.07, 6.45) is 3.45. The molecule has 0 atom stereocenters. The van der Waals surface area contributed by atoms with E-state index in [2.05, 4.69) is 27.7 Å². The van der Waals surface area contributed by atoms with E-state index in [1.165, 1.54) is 0 Å². The molecule has 2 heteroatoms. The van der Waals surface area contributed by atoms with Crippen LogP contribution in [0, 0.1) is 5.41 Å². The van der Waals surface area contributed by atoms with Gasteiger partial charge in [0.2, 0.25) is 0 Å². The molecule has 2 nitrogen and oxygen atoms in total. The molecule has 0 saturated heterocycles. The standard InChI is InChI=1S/C13H20O2/c1-12(2)7-10(14)9-5-6-13(3,4)15-11(9)8-12/h5-8H2,1-4H3. The largest absolute Gasteiger partial charge is 0.492 e. The molecular formula is C13H20O2. The normalized spacial score (nSPS) is 28.4. The minimum absolute atomic E-state index is 0.0728. The predicted octanol–water partition coefficient (Wildman–Crippen LogP) is 3.22. The van der Waals surface area contributed by atoms with Gasteiger partial charge in [-0.2, -0.15) is 0 Å². The molecule has 0 bridgehead atoms. The fourth-order valence-electron chi connectivity index (χ4n) is 2.49. The van der Waals surface area contributed by atoms with E-state index < -0.39 is 0 Å². The average molecular weight is 208 g/mol. The topological polar surface area (TPSA) is 26.3 Å². The van der Waals surface area contributed by atoms with Crippen LogP contribution in [0.4, 0.5) is 0 Å². The van der Waals surface area contributed by atoms with Crippen LogP contribution < -0.4 is 0 Å². The number of rotatable bonds is 0. The Morgan fingerprint density at radius 3 is 2.47 bits per heavy atom. The van der Waals surface area contributed by atoms with E-state index in [-0.39, 0.29) is 11.0 Å². The van der Waals surface area contributed by atoms with Crippen molar-refractivity contribution < 1.29 is 9.53 Å². The van der Waals surface area contributed by atoms with Gasteiger partial charge in [0.15, 0.2) is 5.78 Å². The van der Waals surface area contributed by atoms with Gasteiger partial charge in [-0.1, -0.05) is 13.8 Å². The Kier molecular flexibility index (Phi) is 2.21. The lowest BCUT2D eigenvalue weighted by atomic mass is 9.74. The van der Waals surface area contributed by atoms with Gasteiger partial charge in [-0.3, -0.25) is 4.79 Å². The fraction of sp³-hybridized carbons (Fsp3) is 0.769. The van der Waals surface area contributed by atoms with E-state index >= 15 is 0 Å². The molecule has 1 heterocycles. The first kappa shape index (κ1) is 10.7. The summed E-state index contributed by atoms with van der Waals surface area (Å²) < 4.78 is 5.94. The van der Waals surface area contributed by atoms with Gasteiger partial charge in [0, 0.05) is 18.4 Å². The Labute approximate surface area is 91.7 Å². The fourth-order valence-corrected chi connectivity index (χ4v) is 2.49. The van der Waals surface area contributed by atoms with Crippen molar-refractivity contribution >= 4 is 5.78 Å². The maximum absolute atomic E-state index is 11.9. The van der Waals surface area contributed by atoms with E-state index in [1.807, 2.05) is 0 Å². The minimum Gasteiger partial charge on any atom is -0.492 e. The van der Waals surface area contributed by atoms with E-state index in [1.54, 1.807) is 0 Å². The van der Waals surface area contributed by atoms with Crippen molar-refractivity contribution in [2.24, 2.45) is 5.41 Å². The number of carbonyl (C=O) groups excluding carboxylic acids is 1. The highest BCUT2D eigenvalue weighted by atomic mass is 16.5. The maximum atomic E-state index is 11.9. The van der Waals surface area contributed by atoms with E-state index in [0.29, 0.717) is 12.2 Å². The lowest BCUT2D eigenvalue weighted by Gasteiger charge is -2.40. The van der Waals surface area contributed by atoms with Crippen molar-refractivity contribution in [2.45, 2.75) is 59.0 Å². The summed E-state index contributed by atoms with van der Waals surface area (Å²) in [5, 5.41) is 0.